The van der Waals surface area contributed by atoms with E-state index >= 15 is 0 Å². The Bertz CT molecular complexity index is 655. The van der Waals surface area contributed by atoms with Gasteiger partial charge < -0.3 is 15.1 Å². The standard InChI is InChI=1S/C18H26N6/c1-3-19-18(20-13-16-14-21-22(2)15-16)24-11-9-23(10-12-24)17-7-5-4-6-8-17/h4-8,14-15H,3,9-13H2,1-2H3,(H,19,20). The van der Waals surface area contributed by atoms with E-state index in [1.54, 1.807) is 0 Å². The summed E-state index contributed by atoms with van der Waals surface area (Å²) in [5.41, 5.74) is 2.44. The van der Waals surface area contributed by atoms with Crippen molar-refractivity contribution in [3.05, 3.63) is 48.3 Å². The van der Waals surface area contributed by atoms with Crippen molar-refractivity contribution in [2.45, 2.75) is 13.5 Å². The number of rotatable bonds is 4. The van der Waals surface area contributed by atoms with Crippen LogP contribution in [0.2, 0.25) is 0 Å². The van der Waals surface area contributed by atoms with E-state index in [4.69, 9.17) is 4.99 Å². The summed E-state index contributed by atoms with van der Waals surface area (Å²) in [5, 5.41) is 7.62. The lowest BCUT2D eigenvalue weighted by molar-refractivity contribution is 0.372. The van der Waals surface area contributed by atoms with E-state index in [-0.39, 0.29) is 0 Å². The van der Waals surface area contributed by atoms with Crippen molar-refractivity contribution in [3.8, 4) is 0 Å². The third kappa shape index (κ3) is 4.07. The summed E-state index contributed by atoms with van der Waals surface area (Å²) in [6.07, 6.45) is 3.89. The van der Waals surface area contributed by atoms with Crippen LogP contribution in [-0.2, 0) is 13.6 Å². The molecule has 1 saturated heterocycles. The first kappa shape index (κ1) is 16.4. The number of nitrogens with zero attached hydrogens (tertiary/aromatic N) is 5. The summed E-state index contributed by atoms with van der Waals surface area (Å²) < 4.78 is 1.82. The molecule has 1 aromatic heterocycles. The maximum absolute atomic E-state index is 4.78. The van der Waals surface area contributed by atoms with E-state index in [1.807, 2.05) is 24.1 Å². The minimum absolute atomic E-state index is 0.662. The minimum Gasteiger partial charge on any atom is -0.368 e. The van der Waals surface area contributed by atoms with E-state index in [0.717, 1.165) is 44.2 Å². The Balaban J connectivity index is 1.61. The molecular weight excluding hydrogens is 300 g/mol. The van der Waals surface area contributed by atoms with Crippen LogP contribution in [0.1, 0.15) is 12.5 Å². The highest BCUT2D eigenvalue weighted by Crippen LogP contribution is 2.15. The predicted octanol–water partition coefficient (Wildman–Crippen LogP) is 1.71. The molecule has 0 spiro atoms. The fourth-order valence-electron chi connectivity index (χ4n) is 2.96. The third-order valence-corrected chi connectivity index (χ3v) is 4.21. The molecule has 0 atom stereocenters. The van der Waals surface area contributed by atoms with Crippen molar-refractivity contribution in [1.82, 2.24) is 20.0 Å². The zero-order valence-corrected chi connectivity index (χ0v) is 14.5. The molecule has 0 saturated carbocycles. The fourth-order valence-corrected chi connectivity index (χ4v) is 2.96. The molecule has 2 heterocycles. The Kier molecular flexibility index (Phi) is 5.36. The molecule has 2 aromatic rings. The summed E-state index contributed by atoms with van der Waals surface area (Å²) in [5.74, 6) is 0.995. The Morgan fingerprint density at radius 2 is 1.92 bits per heavy atom. The van der Waals surface area contributed by atoms with Gasteiger partial charge in [-0.2, -0.15) is 5.10 Å². The van der Waals surface area contributed by atoms with Crippen molar-refractivity contribution in [3.63, 3.8) is 0 Å². The highest BCUT2D eigenvalue weighted by Gasteiger charge is 2.19. The summed E-state index contributed by atoms with van der Waals surface area (Å²) in [6, 6.07) is 10.6. The average Bonchev–Trinajstić information content (AvgIpc) is 3.05. The van der Waals surface area contributed by atoms with Crippen molar-refractivity contribution < 1.29 is 0 Å². The van der Waals surface area contributed by atoms with Gasteiger partial charge in [-0.05, 0) is 19.1 Å². The Morgan fingerprint density at radius 1 is 1.17 bits per heavy atom. The number of benzene rings is 1. The predicted molar refractivity (Wildman–Crippen MR) is 98.3 cm³/mol. The van der Waals surface area contributed by atoms with Crippen LogP contribution in [0, 0.1) is 0 Å². The molecule has 128 valence electrons. The van der Waals surface area contributed by atoms with Crippen LogP contribution in [-0.4, -0.2) is 53.4 Å². The van der Waals surface area contributed by atoms with E-state index in [1.165, 1.54) is 5.69 Å². The lowest BCUT2D eigenvalue weighted by Crippen LogP contribution is -2.52. The van der Waals surface area contributed by atoms with Crippen molar-refractivity contribution >= 4 is 11.6 Å². The van der Waals surface area contributed by atoms with Gasteiger partial charge in [-0.3, -0.25) is 4.68 Å². The van der Waals surface area contributed by atoms with Gasteiger partial charge in [-0.15, -0.1) is 0 Å². The lowest BCUT2D eigenvalue weighted by Gasteiger charge is -2.37. The van der Waals surface area contributed by atoms with Crippen LogP contribution in [0.25, 0.3) is 0 Å². The fraction of sp³-hybridized carbons (Fsp3) is 0.444. The van der Waals surface area contributed by atoms with Crippen molar-refractivity contribution in [2.75, 3.05) is 37.6 Å². The van der Waals surface area contributed by atoms with E-state index < -0.39 is 0 Å². The summed E-state index contributed by atoms with van der Waals surface area (Å²) in [4.78, 5) is 9.56. The molecule has 0 bridgehead atoms. The van der Waals surface area contributed by atoms with Crippen LogP contribution in [0.15, 0.2) is 47.7 Å². The summed E-state index contributed by atoms with van der Waals surface area (Å²) >= 11 is 0. The Hall–Kier alpha value is -2.50. The number of guanidine groups is 1. The molecule has 1 N–H and O–H groups in total. The van der Waals surface area contributed by atoms with Gasteiger partial charge in [-0.25, -0.2) is 4.99 Å². The number of hydrogen-bond donors (Lipinski definition) is 1. The van der Waals surface area contributed by atoms with Gasteiger partial charge in [0.1, 0.15) is 0 Å². The van der Waals surface area contributed by atoms with Crippen LogP contribution in [0.5, 0.6) is 0 Å². The molecule has 6 nitrogen and oxygen atoms in total. The molecule has 0 unspecified atom stereocenters. The molecule has 1 aromatic carbocycles. The van der Waals surface area contributed by atoms with E-state index in [0.29, 0.717) is 6.54 Å². The number of aryl methyl sites for hydroxylation is 1. The maximum Gasteiger partial charge on any atom is 0.194 e. The molecule has 0 amide bonds. The van der Waals surface area contributed by atoms with Crippen molar-refractivity contribution in [2.24, 2.45) is 12.0 Å². The largest absolute Gasteiger partial charge is 0.368 e. The molecule has 24 heavy (non-hydrogen) atoms. The Morgan fingerprint density at radius 3 is 2.54 bits per heavy atom. The highest BCUT2D eigenvalue weighted by atomic mass is 15.3. The quantitative estimate of drug-likeness (QED) is 0.686. The smallest absolute Gasteiger partial charge is 0.194 e. The molecule has 1 aliphatic rings. The van der Waals surface area contributed by atoms with Crippen LogP contribution in [0.3, 0.4) is 0 Å². The number of anilines is 1. The average molecular weight is 326 g/mol. The third-order valence-electron chi connectivity index (χ3n) is 4.21. The second-order valence-electron chi connectivity index (χ2n) is 6.00. The first-order valence-electron chi connectivity index (χ1n) is 8.57. The number of nitrogens with one attached hydrogen (secondary N) is 1. The van der Waals surface area contributed by atoms with Gasteiger partial charge in [0.25, 0.3) is 0 Å². The van der Waals surface area contributed by atoms with E-state index in [2.05, 4.69) is 57.5 Å². The molecule has 1 fully saturated rings. The number of hydrogen-bond acceptors (Lipinski definition) is 3. The molecule has 3 rings (SSSR count). The maximum atomic E-state index is 4.78. The monoisotopic (exact) mass is 326 g/mol. The zero-order valence-electron chi connectivity index (χ0n) is 14.5. The molecule has 0 radical (unpaired) electrons. The first-order chi connectivity index (χ1) is 11.8. The number of para-hydroxylation sites is 1. The van der Waals surface area contributed by atoms with Gasteiger partial charge >= 0.3 is 0 Å². The second kappa shape index (κ2) is 7.86. The number of piperazine rings is 1. The van der Waals surface area contributed by atoms with Crippen LogP contribution >= 0.6 is 0 Å². The van der Waals surface area contributed by atoms with E-state index in [9.17, 15) is 0 Å². The van der Waals surface area contributed by atoms with Crippen LogP contribution in [0.4, 0.5) is 5.69 Å². The van der Waals surface area contributed by atoms with Crippen LogP contribution < -0.4 is 10.2 Å². The Labute approximate surface area is 143 Å². The van der Waals surface area contributed by atoms with Gasteiger partial charge in [0.15, 0.2) is 5.96 Å². The first-order valence-corrected chi connectivity index (χ1v) is 8.57. The topological polar surface area (TPSA) is 48.7 Å². The SMILES string of the molecule is CCNC(=NCc1cnn(C)c1)N1CCN(c2ccccc2)CC1. The summed E-state index contributed by atoms with van der Waals surface area (Å²) in [7, 11) is 1.93. The molecule has 1 aliphatic heterocycles. The van der Waals surface area contributed by atoms with Gasteiger partial charge in [0, 0.05) is 57.2 Å². The van der Waals surface area contributed by atoms with Gasteiger partial charge in [-0.1, -0.05) is 18.2 Å². The minimum atomic E-state index is 0.662. The molecule has 6 heteroatoms. The normalized spacial score (nSPS) is 15.7. The van der Waals surface area contributed by atoms with Gasteiger partial charge in [0.2, 0.25) is 0 Å². The molecule has 0 aliphatic carbocycles. The second-order valence-corrected chi connectivity index (χ2v) is 6.00. The summed E-state index contributed by atoms with van der Waals surface area (Å²) in [6.45, 7) is 7.64. The van der Waals surface area contributed by atoms with Crippen molar-refractivity contribution in [1.29, 1.82) is 0 Å². The highest BCUT2D eigenvalue weighted by molar-refractivity contribution is 5.80. The number of aromatic nitrogens is 2. The lowest BCUT2D eigenvalue weighted by atomic mass is 10.2. The number of aliphatic imine (C=N–C) groups is 1. The molecular formula is C18H26N6. The van der Waals surface area contributed by atoms with Gasteiger partial charge in [0.05, 0.1) is 12.7 Å². The zero-order chi connectivity index (χ0) is 16.8.